The van der Waals surface area contributed by atoms with E-state index in [4.69, 9.17) is 5.73 Å². The average molecular weight is 188 g/mol. The van der Waals surface area contributed by atoms with Crippen LogP contribution in [-0.4, -0.2) is 13.6 Å². The van der Waals surface area contributed by atoms with Crippen LogP contribution >= 0.6 is 0 Å². The van der Waals surface area contributed by atoms with Crippen molar-refractivity contribution in [2.75, 3.05) is 18.5 Å². The minimum Gasteiger partial charge on any atom is -0.374 e. The first-order valence-electron chi connectivity index (χ1n) is 5.32. The van der Waals surface area contributed by atoms with Crippen LogP contribution in [0.5, 0.6) is 0 Å². The minimum atomic E-state index is 0.0240. The number of nitrogens with zero attached hydrogens (tertiary/aromatic N) is 1. The molecule has 1 aliphatic heterocycles. The molecule has 0 aromatic heterocycles. The maximum atomic E-state index is 6.18. The Kier molecular flexibility index (Phi) is 1.49. The molecule has 2 heteroatoms. The predicted molar refractivity (Wildman–Crippen MR) is 58.5 cm³/mol. The van der Waals surface area contributed by atoms with Gasteiger partial charge in [0.25, 0.3) is 0 Å². The standard InChI is InChI=1S/C12H16N2/c1-14-7-4-9-8-10(2-3-11(9)14)12(13)5-6-12/h2-3,8H,4-7,13H2,1H3. The molecule has 0 spiro atoms. The zero-order chi connectivity index (χ0) is 9.76. The van der Waals surface area contributed by atoms with Gasteiger partial charge in [-0.3, -0.25) is 0 Å². The van der Waals surface area contributed by atoms with Gasteiger partial charge in [0.15, 0.2) is 0 Å². The summed E-state index contributed by atoms with van der Waals surface area (Å²) in [6.45, 7) is 1.15. The van der Waals surface area contributed by atoms with E-state index in [1.165, 1.54) is 23.2 Å². The Labute approximate surface area is 84.7 Å². The first-order chi connectivity index (χ1) is 6.69. The van der Waals surface area contributed by atoms with Gasteiger partial charge >= 0.3 is 0 Å². The van der Waals surface area contributed by atoms with Crippen molar-refractivity contribution in [2.45, 2.75) is 24.8 Å². The third-order valence-corrected chi connectivity index (χ3v) is 3.57. The lowest BCUT2D eigenvalue weighted by atomic mass is 10.0. The molecular weight excluding hydrogens is 172 g/mol. The van der Waals surface area contributed by atoms with Gasteiger partial charge in [0, 0.05) is 24.8 Å². The van der Waals surface area contributed by atoms with E-state index in [9.17, 15) is 0 Å². The van der Waals surface area contributed by atoms with Gasteiger partial charge in [-0.25, -0.2) is 0 Å². The molecule has 1 heterocycles. The summed E-state index contributed by atoms with van der Waals surface area (Å²) in [6, 6.07) is 6.74. The van der Waals surface area contributed by atoms with Crippen LogP contribution in [0.15, 0.2) is 18.2 Å². The van der Waals surface area contributed by atoms with Crippen LogP contribution < -0.4 is 10.6 Å². The molecule has 1 aromatic carbocycles. The summed E-state index contributed by atoms with van der Waals surface area (Å²) >= 11 is 0. The number of nitrogens with two attached hydrogens (primary N) is 1. The van der Waals surface area contributed by atoms with E-state index in [0.717, 1.165) is 19.4 Å². The summed E-state index contributed by atoms with van der Waals surface area (Å²) in [5.74, 6) is 0. The Hall–Kier alpha value is -1.02. The molecule has 0 saturated heterocycles. The fraction of sp³-hybridized carbons (Fsp3) is 0.500. The average Bonchev–Trinajstić information content (AvgIpc) is 2.84. The van der Waals surface area contributed by atoms with Crippen LogP contribution in [0.25, 0.3) is 0 Å². The van der Waals surface area contributed by atoms with E-state index in [1.54, 1.807) is 0 Å². The quantitative estimate of drug-likeness (QED) is 0.725. The maximum absolute atomic E-state index is 6.18. The molecular formula is C12H16N2. The molecule has 2 nitrogen and oxygen atoms in total. The van der Waals surface area contributed by atoms with Gasteiger partial charge in [-0.05, 0) is 36.5 Å². The van der Waals surface area contributed by atoms with E-state index < -0.39 is 0 Å². The van der Waals surface area contributed by atoms with Gasteiger partial charge in [0.05, 0.1) is 0 Å². The van der Waals surface area contributed by atoms with Crippen molar-refractivity contribution in [1.82, 2.24) is 0 Å². The molecule has 2 aliphatic rings. The van der Waals surface area contributed by atoms with Crippen molar-refractivity contribution in [3.8, 4) is 0 Å². The lowest BCUT2D eigenvalue weighted by Gasteiger charge is -2.14. The molecule has 0 radical (unpaired) electrons. The van der Waals surface area contributed by atoms with Gasteiger partial charge in [0.1, 0.15) is 0 Å². The SMILES string of the molecule is CN1CCc2cc(C3(N)CC3)ccc21. The Morgan fingerprint density at radius 2 is 2.14 bits per heavy atom. The van der Waals surface area contributed by atoms with E-state index in [-0.39, 0.29) is 5.54 Å². The van der Waals surface area contributed by atoms with Crippen LogP contribution in [0.2, 0.25) is 0 Å². The molecule has 0 unspecified atom stereocenters. The smallest absolute Gasteiger partial charge is 0.0411 e. The van der Waals surface area contributed by atoms with E-state index in [1.807, 2.05) is 0 Å². The van der Waals surface area contributed by atoms with Gasteiger partial charge in [-0.15, -0.1) is 0 Å². The van der Waals surface area contributed by atoms with Gasteiger partial charge in [-0.2, -0.15) is 0 Å². The third kappa shape index (κ3) is 1.07. The van der Waals surface area contributed by atoms with Crippen molar-refractivity contribution < 1.29 is 0 Å². The topological polar surface area (TPSA) is 29.3 Å². The summed E-state index contributed by atoms with van der Waals surface area (Å²) in [5, 5.41) is 0. The molecule has 1 saturated carbocycles. The van der Waals surface area contributed by atoms with E-state index in [2.05, 4.69) is 30.1 Å². The van der Waals surface area contributed by atoms with Crippen molar-refractivity contribution in [3.63, 3.8) is 0 Å². The molecule has 1 aromatic rings. The molecule has 2 N–H and O–H groups in total. The highest BCUT2D eigenvalue weighted by molar-refractivity contribution is 5.59. The highest BCUT2D eigenvalue weighted by Crippen LogP contribution is 2.44. The van der Waals surface area contributed by atoms with Gasteiger partial charge in [0.2, 0.25) is 0 Å². The highest BCUT2D eigenvalue weighted by atomic mass is 15.1. The number of fused-ring (bicyclic) bond motifs is 1. The summed E-state index contributed by atoms with van der Waals surface area (Å²) < 4.78 is 0. The monoisotopic (exact) mass is 188 g/mol. The molecule has 1 fully saturated rings. The molecule has 0 bridgehead atoms. The Morgan fingerprint density at radius 1 is 1.36 bits per heavy atom. The fourth-order valence-corrected chi connectivity index (χ4v) is 2.30. The number of anilines is 1. The second-order valence-electron chi connectivity index (χ2n) is 4.67. The number of hydrogen-bond acceptors (Lipinski definition) is 2. The lowest BCUT2D eigenvalue weighted by molar-refractivity contribution is 0.739. The molecule has 14 heavy (non-hydrogen) atoms. The van der Waals surface area contributed by atoms with Crippen molar-refractivity contribution in [2.24, 2.45) is 5.73 Å². The van der Waals surface area contributed by atoms with E-state index in [0.29, 0.717) is 0 Å². The second-order valence-corrected chi connectivity index (χ2v) is 4.67. The molecule has 74 valence electrons. The summed E-state index contributed by atoms with van der Waals surface area (Å²) in [5.41, 5.74) is 10.4. The zero-order valence-electron chi connectivity index (χ0n) is 8.59. The van der Waals surface area contributed by atoms with Gasteiger partial charge < -0.3 is 10.6 Å². The number of likely N-dealkylation sites (N-methyl/N-ethyl adjacent to an activating group) is 1. The highest BCUT2D eigenvalue weighted by Gasteiger charge is 2.40. The Morgan fingerprint density at radius 3 is 2.86 bits per heavy atom. The second kappa shape index (κ2) is 2.51. The van der Waals surface area contributed by atoms with Crippen molar-refractivity contribution in [3.05, 3.63) is 29.3 Å². The molecule has 0 amide bonds. The van der Waals surface area contributed by atoms with Gasteiger partial charge in [-0.1, -0.05) is 12.1 Å². The molecule has 0 atom stereocenters. The Balaban J connectivity index is 2.04. The zero-order valence-corrected chi connectivity index (χ0v) is 8.59. The molecule has 3 rings (SSSR count). The van der Waals surface area contributed by atoms with Crippen LogP contribution in [0, 0.1) is 0 Å². The van der Waals surface area contributed by atoms with E-state index >= 15 is 0 Å². The lowest BCUT2D eigenvalue weighted by Crippen LogP contribution is -2.18. The van der Waals surface area contributed by atoms with Crippen LogP contribution in [0.4, 0.5) is 5.69 Å². The minimum absolute atomic E-state index is 0.0240. The van der Waals surface area contributed by atoms with Crippen molar-refractivity contribution in [1.29, 1.82) is 0 Å². The first kappa shape index (κ1) is 8.30. The Bertz CT molecular complexity index is 380. The summed E-state index contributed by atoms with van der Waals surface area (Å²) in [4.78, 5) is 2.31. The largest absolute Gasteiger partial charge is 0.374 e. The molecule has 1 aliphatic carbocycles. The number of benzene rings is 1. The van der Waals surface area contributed by atoms with Crippen LogP contribution in [0.3, 0.4) is 0 Å². The number of hydrogen-bond donors (Lipinski definition) is 1. The van der Waals surface area contributed by atoms with Crippen LogP contribution in [0.1, 0.15) is 24.0 Å². The normalized spacial score (nSPS) is 22.3. The maximum Gasteiger partial charge on any atom is 0.0411 e. The number of rotatable bonds is 1. The predicted octanol–water partition coefficient (Wildman–Crippen LogP) is 1.63. The third-order valence-electron chi connectivity index (χ3n) is 3.57. The fourth-order valence-electron chi connectivity index (χ4n) is 2.30. The first-order valence-corrected chi connectivity index (χ1v) is 5.32. The summed E-state index contributed by atoms with van der Waals surface area (Å²) in [6.07, 6.45) is 3.49. The van der Waals surface area contributed by atoms with Crippen molar-refractivity contribution >= 4 is 5.69 Å². The summed E-state index contributed by atoms with van der Waals surface area (Å²) in [7, 11) is 2.15. The van der Waals surface area contributed by atoms with Crippen LogP contribution in [-0.2, 0) is 12.0 Å².